The molecule has 0 saturated carbocycles. The van der Waals surface area contributed by atoms with Gasteiger partial charge in [-0.3, -0.25) is 0 Å². The Morgan fingerprint density at radius 1 is 0.812 bits per heavy atom. The fraction of sp³-hybridized carbons (Fsp3) is 0.250. The molecule has 1 nitrogen and oxygen atoms in total. The molecule has 3 aromatic rings. The van der Waals surface area contributed by atoms with Gasteiger partial charge in [0.15, 0.2) is 0 Å². The highest BCUT2D eigenvalue weighted by atomic mass is 19.4. The van der Waals surface area contributed by atoms with Crippen molar-refractivity contribution < 1.29 is 35.5 Å². The number of hydrogen-bond donors (Lipinski definition) is 0. The van der Waals surface area contributed by atoms with Crippen molar-refractivity contribution in [2.45, 2.75) is 38.2 Å². The maximum atomic E-state index is 14.4. The van der Waals surface area contributed by atoms with Crippen LogP contribution in [0.4, 0.5) is 30.7 Å². The van der Waals surface area contributed by atoms with Crippen molar-refractivity contribution in [3.8, 4) is 28.0 Å². The van der Waals surface area contributed by atoms with Crippen molar-refractivity contribution >= 4 is 0 Å². The predicted octanol–water partition coefficient (Wildman–Crippen LogP) is 7.98. The number of aryl methyl sites for hydroxylation is 1. The standard InChI is InChI=1S/C24H19F7O/c1-2-5-15-8-10-16(11-9-15)20-14-17(32-24(30,31)22(26)23(27,28)29)12-13-18(20)19-6-3-4-7-21(19)25/h3-4,6-14,22H,2,5H2,1H3. The summed E-state index contributed by atoms with van der Waals surface area (Å²) in [5, 5.41) is 0. The number of ether oxygens (including phenoxy) is 1. The van der Waals surface area contributed by atoms with E-state index in [0.717, 1.165) is 30.5 Å². The Morgan fingerprint density at radius 3 is 2.06 bits per heavy atom. The van der Waals surface area contributed by atoms with Crippen molar-refractivity contribution in [2.75, 3.05) is 0 Å². The van der Waals surface area contributed by atoms with Gasteiger partial charge in [-0.1, -0.05) is 55.8 Å². The zero-order valence-electron chi connectivity index (χ0n) is 16.9. The molecule has 0 heterocycles. The summed E-state index contributed by atoms with van der Waals surface area (Å²) in [4.78, 5) is 0. The molecule has 1 unspecified atom stereocenters. The Bertz CT molecular complexity index is 1060. The highest BCUT2D eigenvalue weighted by Crippen LogP contribution is 2.40. The minimum absolute atomic E-state index is 0.164. The first-order chi connectivity index (χ1) is 15.0. The van der Waals surface area contributed by atoms with E-state index in [-0.39, 0.29) is 11.1 Å². The summed E-state index contributed by atoms with van der Waals surface area (Å²) in [6, 6.07) is 16.0. The van der Waals surface area contributed by atoms with E-state index < -0.39 is 30.0 Å². The van der Waals surface area contributed by atoms with E-state index in [1.54, 1.807) is 18.2 Å². The van der Waals surface area contributed by atoms with Crippen LogP contribution >= 0.6 is 0 Å². The number of alkyl halides is 6. The highest BCUT2D eigenvalue weighted by Gasteiger charge is 2.59. The van der Waals surface area contributed by atoms with E-state index in [4.69, 9.17) is 0 Å². The van der Waals surface area contributed by atoms with Gasteiger partial charge in [0.1, 0.15) is 11.6 Å². The minimum Gasteiger partial charge on any atom is -0.430 e. The molecule has 0 spiro atoms. The third-order valence-electron chi connectivity index (χ3n) is 4.80. The number of hydrogen-bond acceptors (Lipinski definition) is 1. The molecule has 8 heteroatoms. The highest BCUT2D eigenvalue weighted by molar-refractivity contribution is 5.84. The van der Waals surface area contributed by atoms with Crippen LogP contribution in [0.3, 0.4) is 0 Å². The Kier molecular flexibility index (Phi) is 6.81. The van der Waals surface area contributed by atoms with E-state index in [1.807, 2.05) is 19.1 Å². The van der Waals surface area contributed by atoms with Gasteiger partial charge in [-0.2, -0.15) is 22.0 Å². The summed E-state index contributed by atoms with van der Waals surface area (Å²) < 4.78 is 96.7. The molecule has 32 heavy (non-hydrogen) atoms. The van der Waals surface area contributed by atoms with Gasteiger partial charge < -0.3 is 4.74 Å². The Labute approximate surface area is 180 Å². The second kappa shape index (κ2) is 9.22. The van der Waals surface area contributed by atoms with E-state index in [0.29, 0.717) is 11.1 Å². The van der Waals surface area contributed by atoms with Gasteiger partial charge in [-0.25, -0.2) is 8.78 Å². The van der Waals surface area contributed by atoms with Crippen molar-refractivity contribution in [2.24, 2.45) is 0 Å². The SMILES string of the molecule is CCCc1ccc(-c2cc(OC(F)(F)C(F)C(F)(F)F)ccc2-c2ccccc2F)cc1. The third-order valence-corrected chi connectivity index (χ3v) is 4.80. The van der Waals surface area contributed by atoms with Gasteiger partial charge in [-0.15, -0.1) is 0 Å². The number of halogens is 7. The molecule has 0 aliphatic carbocycles. The fourth-order valence-corrected chi connectivity index (χ4v) is 3.28. The molecule has 3 rings (SSSR count). The molecule has 0 aromatic heterocycles. The molecule has 0 bridgehead atoms. The van der Waals surface area contributed by atoms with Crippen LogP contribution < -0.4 is 4.74 Å². The first-order valence-corrected chi connectivity index (χ1v) is 9.79. The maximum Gasteiger partial charge on any atom is 0.439 e. The first kappa shape index (κ1) is 23.6. The lowest BCUT2D eigenvalue weighted by Crippen LogP contribution is -2.45. The van der Waals surface area contributed by atoms with E-state index in [2.05, 4.69) is 4.74 Å². The second-order valence-electron chi connectivity index (χ2n) is 7.20. The average Bonchev–Trinajstić information content (AvgIpc) is 2.74. The van der Waals surface area contributed by atoms with Crippen molar-refractivity contribution in [3.63, 3.8) is 0 Å². The molecule has 0 aliphatic rings. The van der Waals surface area contributed by atoms with Crippen LogP contribution in [0.15, 0.2) is 66.7 Å². The fourth-order valence-electron chi connectivity index (χ4n) is 3.28. The molecule has 1 atom stereocenters. The van der Waals surface area contributed by atoms with E-state index in [1.165, 1.54) is 24.3 Å². The average molecular weight is 456 g/mol. The molecule has 0 fully saturated rings. The van der Waals surface area contributed by atoms with Crippen LogP contribution in [0.2, 0.25) is 0 Å². The van der Waals surface area contributed by atoms with Crippen LogP contribution in [0.1, 0.15) is 18.9 Å². The summed E-state index contributed by atoms with van der Waals surface area (Å²) in [6.45, 7) is 2.00. The maximum absolute atomic E-state index is 14.4. The van der Waals surface area contributed by atoms with Gasteiger partial charge in [-0.05, 0) is 52.9 Å². The largest absolute Gasteiger partial charge is 0.439 e. The van der Waals surface area contributed by atoms with Gasteiger partial charge in [0, 0.05) is 5.56 Å². The smallest absolute Gasteiger partial charge is 0.430 e. The Morgan fingerprint density at radius 2 is 1.47 bits per heavy atom. The van der Waals surface area contributed by atoms with Crippen molar-refractivity contribution in [1.82, 2.24) is 0 Å². The van der Waals surface area contributed by atoms with E-state index in [9.17, 15) is 30.7 Å². The molecular weight excluding hydrogens is 437 g/mol. The third kappa shape index (κ3) is 5.23. The van der Waals surface area contributed by atoms with Crippen molar-refractivity contribution in [1.29, 1.82) is 0 Å². The molecule has 0 saturated heterocycles. The lowest BCUT2D eigenvalue weighted by Gasteiger charge is -2.23. The zero-order valence-corrected chi connectivity index (χ0v) is 16.9. The van der Waals surface area contributed by atoms with Crippen LogP contribution in [0.25, 0.3) is 22.3 Å². The topological polar surface area (TPSA) is 9.23 Å². The number of rotatable bonds is 7. The second-order valence-corrected chi connectivity index (χ2v) is 7.20. The summed E-state index contributed by atoms with van der Waals surface area (Å²) in [6.07, 6.45) is -13.7. The predicted molar refractivity (Wildman–Crippen MR) is 108 cm³/mol. The quantitative estimate of drug-likeness (QED) is 0.328. The lowest BCUT2D eigenvalue weighted by molar-refractivity contribution is -0.304. The molecule has 3 aromatic carbocycles. The van der Waals surface area contributed by atoms with Crippen LogP contribution in [0.5, 0.6) is 5.75 Å². The molecule has 0 radical (unpaired) electrons. The Hall–Kier alpha value is -3.03. The van der Waals surface area contributed by atoms with Gasteiger partial charge in [0.25, 0.3) is 6.17 Å². The Balaban J connectivity index is 2.08. The summed E-state index contributed by atoms with van der Waals surface area (Å²) in [7, 11) is 0. The molecule has 170 valence electrons. The van der Waals surface area contributed by atoms with Crippen molar-refractivity contribution in [3.05, 3.63) is 78.1 Å². The summed E-state index contributed by atoms with van der Waals surface area (Å²) in [5.41, 5.74) is 2.25. The summed E-state index contributed by atoms with van der Waals surface area (Å²) in [5.74, 6) is -1.26. The van der Waals surface area contributed by atoms with Gasteiger partial charge in [0.05, 0.1) is 0 Å². The van der Waals surface area contributed by atoms with Gasteiger partial charge >= 0.3 is 12.3 Å². The minimum atomic E-state index is -5.80. The zero-order chi connectivity index (χ0) is 23.5. The number of benzene rings is 3. The lowest BCUT2D eigenvalue weighted by atomic mass is 9.93. The molecular formula is C24H19F7O. The van der Waals surface area contributed by atoms with Crippen LogP contribution in [0, 0.1) is 5.82 Å². The summed E-state index contributed by atoms with van der Waals surface area (Å²) >= 11 is 0. The first-order valence-electron chi connectivity index (χ1n) is 9.79. The van der Waals surface area contributed by atoms with E-state index >= 15 is 0 Å². The van der Waals surface area contributed by atoms with Crippen LogP contribution in [-0.4, -0.2) is 18.5 Å². The molecule has 0 aliphatic heterocycles. The van der Waals surface area contributed by atoms with Crippen LogP contribution in [-0.2, 0) is 6.42 Å². The normalized spacial score (nSPS) is 13.1. The monoisotopic (exact) mass is 456 g/mol. The molecule has 0 N–H and O–H groups in total. The molecule has 0 amide bonds. The van der Waals surface area contributed by atoms with Gasteiger partial charge in [0.2, 0.25) is 0 Å².